The van der Waals surface area contributed by atoms with Gasteiger partial charge in [-0.3, -0.25) is 23.6 Å². The molecule has 2 heterocycles. The van der Waals surface area contributed by atoms with Gasteiger partial charge >= 0.3 is 11.7 Å². The number of carbonyl (C=O) groups excluding carboxylic acids is 2. The first-order chi connectivity index (χ1) is 18.8. The van der Waals surface area contributed by atoms with Crippen LogP contribution in [0.4, 0.5) is 10.6 Å². The van der Waals surface area contributed by atoms with E-state index >= 15 is 0 Å². The average Bonchev–Trinajstić information content (AvgIpc) is 2.97. The number of benzene rings is 2. The molecular weight excluding hydrogens is 500 g/mol. The normalized spacial score (nSPS) is 14.9. The first-order valence-electron chi connectivity index (χ1n) is 12.7. The van der Waals surface area contributed by atoms with E-state index in [0.29, 0.717) is 41.9 Å². The third-order valence-electron chi connectivity index (χ3n) is 6.78. The molecule has 1 atom stereocenters. The van der Waals surface area contributed by atoms with Gasteiger partial charge in [0, 0.05) is 38.3 Å². The van der Waals surface area contributed by atoms with E-state index in [-0.39, 0.29) is 26.2 Å². The largest absolute Gasteiger partial charge is 0.395 e. The molecule has 0 saturated carbocycles. The van der Waals surface area contributed by atoms with Crippen molar-refractivity contribution in [2.75, 3.05) is 31.1 Å². The number of aliphatic hydroxyl groups excluding tert-OH is 1. The minimum Gasteiger partial charge on any atom is -0.395 e. The summed E-state index contributed by atoms with van der Waals surface area (Å²) in [5.74, 6) is -0.134. The molecule has 0 bridgehead atoms. The maximum Gasteiger partial charge on any atom is 0.332 e. The molecule has 1 saturated heterocycles. The number of nitriles is 1. The number of rotatable bonds is 7. The minimum atomic E-state index is -0.630. The molecule has 4 rings (SSSR count). The summed E-state index contributed by atoms with van der Waals surface area (Å²) in [6.07, 6.45) is 1.11. The number of aromatic nitrogens is 2. The predicted molar refractivity (Wildman–Crippen MR) is 145 cm³/mol. The van der Waals surface area contributed by atoms with Crippen LogP contribution in [0.3, 0.4) is 0 Å². The molecule has 0 spiro atoms. The van der Waals surface area contributed by atoms with Gasteiger partial charge in [-0.05, 0) is 36.6 Å². The molecule has 1 aliphatic rings. The highest BCUT2D eigenvalue weighted by molar-refractivity contribution is 6.04. The number of imide groups is 1. The molecular formula is C28H30N6O5. The summed E-state index contributed by atoms with van der Waals surface area (Å²) in [4.78, 5) is 55.5. The maximum atomic E-state index is 13.5. The highest BCUT2D eigenvalue weighted by Crippen LogP contribution is 2.24. The van der Waals surface area contributed by atoms with Crippen LogP contribution in [0.15, 0.2) is 70.3 Å². The van der Waals surface area contributed by atoms with E-state index in [1.165, 1.54) is 17.7 Å². The fourth-order valence-corrected chi connectivity index (χ4v) is 4.77. The number of amides is 3. The van der Waals surface area contributed by atoms with Gasteiger partial charge in [0.25, 0.3) is 11.5 Å². The molecule has 2 N–H and O–H groups in total. The highest BCUT2D eigenvalue weighted by atomic mass is 16.3. The second kappa shape index (κ2) is 12.2. The van der Waals surface area contributed by atoms with E-state index < -0.39 is 29.2 Å². The third-order valence-corrected chi connectivity index (χ3v) is 6.78. The van der Waals surface area contributed by atoms with Gasteiger partial charge in [-0.25, -0.2) is 9.59 Å². The number of anilines is 1. The van der Waals surface area contributed by atoms with Crippen molar-refractivity contribution in [1.82, 2.24) is 19.4 Å². The number of nitrogens with one attached hydrogen (secondary N) is 1. The Morgan fingerprint density at radius 2 is 1.85 bits per heavy atom. The molecule has 202 valence electrons. The van der Waals surface area contributed by atoms with Crippen molar-refractivity contribution in [3.8, 4) is 6.07 Å². The van der Waals surface area contributed by atoms with E-state index in [1.54, 1.807) is 54.6 Å². The lowest BCUT2D eigenvalue weighted by Crippen LogP contribution is -2.56. The predicted octanol–water partition coefficient (Wildman–Crippen LogP) is 1.28. The second-order valence-electron chi connectivity index (χ2n) is 9.28. The molecule has 11 heteroatoms. The topological polar surface area (TPSA) is 141 Å². The van der Waals surface area contributed by atoms with Crippen molar-refractivity contribution in [2.45, 2.75) is 25.4 Å². The SMILES string of the molecule is Cn1c(=O)cc(N2CCCC(N(C(=O)NCCO)C(=O)c3ccccc3)C2)n(Cc2ccccc2C#N)c1=O. The molecule has 3 aromatic rings. The molecule has 0 aliphatic carbocycles. The Kier molecular flexibility index (Phi) is 8.58. The minimum absolute atomic E-state index is 0.0135. The number of hydrogen-bond acceptors (Lipinski definition) is 7. The van der Waals surface area contributed by atoms with Crippen LogP contribution in [0.1, 0.15) is 34.3 Å². The van der Waals surface area contributed by atoms with Gasteiger partial charge in [0.1, 0.15) is 5.82 Å². The standard InChI is InChI=1S/C28H30N6O5/c1-31-25(36)16-24(33(28(31)39)18-22-11-6-5-10-21(22)17-29)32-14-7-12-23(19-32)34(27(38)30-13-15-35)26(37)20-8-3-2-4-9-20/h2-6,8-11,16,23,35H,7,12-15,18-19H2,1H3,(H,30,38). The third kappa shape index (κ3) is 5.91. The molecule has 1 aliphatic heterocycles. The van der Waals surface area contributed by atoms with Gasteiger partial charge in [-0.2, -0.15) is 5.26 Å². The highest BCUT2D eigenvalue weighted by Gasteiger charge is 2.34. The number of aliphatic hydroxyl groups is 1. The first kappa shape index (κ1) is 27.3. The number of piperidine rings is 1. The average molecular weight is 531 g/mol. The van der Waals surface area contributed by atoms with Crippen molar-refractivity contribution >= 4 is 17.8 Å². The number of carbonyl (C=O) groups is 2. The van der Waals surface area contributed by atoms with Crippen LogP contribution in [-0.4, -0.2) is 63.4 Å². The molecule has 11 nitrogen and oxygen atoms in total. The van der Waals surface area contributed by atoms with Crippen LogP contribution in [0.2, 0.25) is 0 Å². The summed E-state index contributed by atoms with van der Waals surface area (Å²) in [6.45, 7) is 0.461. The van der Waals surface area contributed by atoms with Gasteiger partial charge < -0.3 is 15.3 Å². The molecule has 0 radical (unpaired) electrons. The summed E-state index contributed by atoms with van der Waals surface area (Å²) >= 11 is 0. The van der Waals surface area contributed by atoms with Crippen LogP contribution < -0.4 is 21.5 Å². The number of hydrogen-bond donors (Lipinski definition) is 2. The Bertz CT molecular complexity index is 1510. The summed E-state index contributed by atoms with van der Waals surface area (Å²) in [7, 11) is 1.39. The van der Waals surface area contributed by atoms with E-state index in [2.05, 4.69) is 11.4 Å². The first-order valence-corrected chi connectivity index (χ1v) is 12.7. The Hall–Kier alpha value is -4.69. The van der Waals surface area contributed by atoms with Crippen LogP contribution in [0.25, 0.3) is 0 Å². The molecule has 1 aromatic heterocycles. The lowest BCUT2D eigenvalue weighted by molar-refractivity contribution is 0.0725. The second-order valence-corrected chi connectivity index (χ2v) is 9.28. The molecule has 1 fully saturated rings. The molecule has 1 unspecified atom stereocenters. The van der Waals surface area contributed by atoms with Gasteiger partial charge in [-0.15, -0.1) is 0 Å². The van der Waals surface area contributed by atoms with Crippen LogP contribution in [0.5, 0.6) is 0 Å². The van der Waals surface area contributed by atoms with E-state index in [9.17, 15) is 29.5 Å². The summed E-state index contributed by atoms with van der Waals surface area (Å²) in [5, 5.41) is 21.3. The lowest BCUT2D eigenvalue weighted by Gasteiger charge is -2.39. The van der Waals surface area contributed by atoms with Crippen molar-refractivity contribution < 1.29 is 14.7 Å². The van der Waals surface area contributed by atoms with E-state index in [1.807, 2.05) is 4.90 Å². The monoisotopic (exact) mass is 530 g/mol. The Balaban J connectivity index is 1.72. The summed E-state index contributed by atoms with van der Waals surface area (Å²) in [5.41, 5.74) is 0.359. The van der Waals surface area contributed by atoms with E-state index in [0.717, 1.165) is 9.47 Å². The fraction of sp³-hybridized carbons (Fsp3) is 0.321. The number of nitrogens with zero attached hydrogens (tertiary/aromatic N) is 5. The van der Waals surface area contributed by atoms with Crippen molar-refractivity contribution in [2.24, 2.45) is 7.05 Å². The van der Waals surface area contributed by atoms with Crippen molar-refractivity contribution in [3.63, 3.8) is 0 Å². The molecule has 39 heavy (non-hydrogen) atoms. The maximum absolute atomic E-state index is 13.5. The Labute approximate surface area is 225 Å². The smallest absolute Gasteiger partial charge is 0.332 e. The zero-order chi connectivity index (χ0) is 27.9. The van der Waals surface area contributed by atoms with Crippen LogP contribution in [0, 0.1) is 11.3 Å². The van der Waals surface area contributed by atoms with Gasteiger partial charge in [0.15, 0.2) is 0 Å². The quantitative estimate of drug-likeness (QED) is 0.469. The Morgan fingerprint density at radius 1 is 1.13 bits per heavy atom. The van der Waals surface area contributed by atoms with Gasteiger partial charge in [0.05, 0.1) is 30.8 Å². The summed E-state index contributed by atoms with van der Waals surface area (Å²) < 4.78 is 2.45. The summed E-state index contributed by atoms with van der Waals surface area (Å²) in [6, 6.07) is 17.7. The zero-order valence-corrected chi connectivity index (χ0v) is 21.6. The van der Waals surface area contributed by atoms with Gasteiger partial charge in [0.2, 0.25) is 0 Å². The zero-order valence-electron chi connectivity index (χ0n) is 21.6. The van der Waals surface area contributed by atoms with Crippen LogP contribution >= 0.6 is 0 Å². The lowest BCUT2D eigenvalue weighted by atomic mass is 10.0. The van der Waals surface area contributed by atoms with Gasteiger partial charge in [-0.1, -0.05) is 36.4 Å². The fourth-order valence-electron chi connectivity index (χ4n) is 4.77. The van der Waals surface area contributed by atoms with Crippen LogP contribution in [-0.2, 0) is 13.6 Å². The molecule has 3 amide bonds. The number of urea groups is 1. The van der Waals surface area contributed by atoms with Crippen molar-refractivity contribution in [1.29, 1.82) is 5.26 Å². The van der Waals surface area contributed by atoms with Crippen molar-refractivity contribution in [3.05, 3.63) is 98.2 Å². The molecule has 2 aromatic carbocycles. The Morgan fingerprint density at radius 3 is 2.56 bits per heavy atom. The van der Waals surface area contributed by atoms with E-state index in [4.69, 9.17) is 0 Å².